The minimum absolute atomic E-state index is 0.132. The van der Waals surface area contributed by atoms with Crippen molar-refractivity contribution in [3.05, 3.63) is 106 Å². The third-order valence-electron chi connectivity index (χ3n) is 6.10. The Labute approximate surface area is 192 Å². The van der Waals surface area contributed by atoms with Gasteiger partial charge in [-0.15, -0.1) is 0 Å². The molecule has 0 fully saturated rings. The Hall–Kier alpha value is -4.16. The quantitative estimate of drug-likeness (QED) is 0.320. The summed E-state index contributed by atoms with van der Waals surface area (Å²) in [5.41, 5.74) is 1.94. The number of halogens is 1. The lowest BCUT2D eigenvalue weighted by molar-refractivity contribution is 0.0884. The molecule has 0 saturated heterocycles. The molecule has 0 N–H and O–H groups in total. The summed E-state index contributed by atoms with van der Waals surface area (Å²) in [6.45, 7) is 0. The van der Waals surface area contributed by atoms with Crippen molar-refractivity contribution in [2.24, 2.45) is 0 Å². The van der Waals surface area contributed by atoms with E-state index in [9.17, 15) is 19.2 Å². The first kappa shape index (κ1) is 19.5. The number of imide groups is 1. The summed E-state index contributed by atoms with van der Waals surface area (Å²) in [5, 5.41) is 0.728. The molecule has 158 valence electrons. The van der Waals surface area contributed by atoms with Gasteiger partial charge in [0.25, 0.3) is 11.8 Å². The van der Waals surface area contributed by atoms with Crippen molar-refractivity contribution in [1.82, 2.24) is 4.98 Å². The van der Waals surface area contributed by atoms with Crippen molar-refractivity contribution in [3.8, 4) is 0 Å². The molecular weight excluding hydrogens is 440 g/mol. The molecule has 7 heteroatoms. The van der Waals surface area contributed by atoms with Gasteiger partial charge in [0, 0.05) is 16.5 Å². The second-order valence-electron chi connectivity index (χ2n) is 7.90. The molecular formula is C26H13ClN2O4. The van der Waals surface area contributed by atoms with Crippen molar-refractivity contribution < 1.29 is 19.2 Å². The van der Waals surface area contributed by atoms with Crippen molar-refractivity contribution in [2.75, 3.05) is 4.90 Å². The van der Waals surface area contributed by atoms with Crippen molar-refractivity contribution in [1.29, 1.82) is 0 Å². The number of ketones is 2. The Bertz CT molecular complexity index is 1540. The number of hydrogen-bond donors (Lipinski definition) is 0. The predicted octanol–water partition coefficient (Wildman–Crippen LogP) is 4.85. The number of aromatic nitrogens is 1. The van der Waals surface area contributed by atoms with E-state index in [0.717, 1.165) is 4.90 Å². The van der Waals surface area contributed by atoms with E-state index < -0.39 is 17.7 Å². The van der Waals surface area contributed by atoms with E-state index in [0.29, 0.717) is 22.0 Å². The molecule has 0 spiro atoms. The zero-order chi connectivity index (χ0) is 22.9. The SMILES string of the molecule is O=C1c2ccccc2C(=O)C1c1cc(N2C(=O)c3cccc(Cl)c3C2=O)c2ccccc2n1. The molecule has 0 radical (unpaired) electrons. The molecule has 4 aromatic rings. The number of para-hydroxylation sites is 1. The van der Waals surface area contributed by atoms with Crippen LogP contribution in [0, 0.1) is 0 Å². The number of rotatable bonds is 2. The zero-order valence-corrected chi connectivity index (χ0v) is 17.7. The number of carbonyl (C=O) groups excluding carboxylic acids is 4. The van der Waals surface area contributed by atoms with Crippen molar-refractivity contribution >= 4 is 51.6 Å². The van der Waals surface area contributed by atoms with Gasteiger partial charge in [0.05, 0.1) is 33.0 Å². The summed E-state index contributed by atoms with van der Waals surface area (Å²) in [4.78, 5) is 58.3. The number of anilines is 1. The Morgan fingerprint density at radius 3 is 2.06 bits per heavy atom. The topological polar surface area (TPSA) is 84.4 Å². The molecule has 2 amide bonds. The van der Waals surface area contributed by atoms with Gasteiger partial charge in [-0.3, -0.25) is 24.2 Å². The highest BCUT2D eigenvalue weighted by atomic mass is 35.5. The van der Waals surface area contributed by atoms with Crippen LogP contribution in [0.25, 0.3) is 10.9 Å². The van der Waals surface area contributed by atoms with Crippen LogP contribution in [0.4, 0.5) is 5.69 Å². The Morgan fingerprint density at radius 1 is 0.727 bits per heavy atom. The molecule has 6 rings (SSSR count). The highest BCUT2D eigenvalue weighted by molar-refractivity contribution is 6.42. The van der Waals surface area contributed by atoms with Crippen LogP contribution in [0.15, 0.2) is 72.8 Å². The first-order valence-corrected chi connectivity index (χ1v) is 10.6. The highest BCUT2D eigenvalue weighted by Crippen LogP contribution is 2.39. The van der Waals surface area contributed by atoms with Crippen molar-refractivity contribution in [3.63, 3.8) is 0 Å². The lowest BCUT2D eigenvalue weighted by Crippen LogP contribution is -2.30. The molecule has 6 nitrogen and oxygen atoms in total. The van der Waals surface area contributed by atoms with Gasteiger partial charge < -0.3 is 0 Å². The first-order chi connectivity index (χ1) is 16.0. The molecule has 1 aliphatic heterocycles. The van der Waals surface area contributed by atoms with Crippen LogP contribution in [0.5, 0.6) is 0 Å². The molecule has 3 aromatic carbocycles. The summed E-state index contributed by atoms with van der Waals surface area (Å²) in [5.74, 6) is -2.92. The minimum atomic E-state index is -1.13. The maximum atomic E-state index is 13.3. The molecule has 2 aliphatic rings. The molecule has 0 saturated carbocycles. The van der Waals surface area contributed by atoms with Crippen LogP contribution in [-0.4, -0.2) is 28.4 Å². The molecule has 2 heterocycles. The average molecular weight is 453 g/mol. The maximum Gasteiger partial charge on any atom is 0.267 e. The van der Waals surface area contributed by atoms with E-state index in [2.05, 4.69) is 4.98 Å². The molecule has 1 aromatic heterocycles. The molecule has 0 unspecified atom stereocenters. The van der Waals surface area contributed by atoms with Crippen LogP contribution in [0.1, 0.15) is 53.0 Å². The Balaban J connectivity index is 1.56. The number of fused-ring (bicyclic) bond motifs is 3. The van der Waals surface area contributed by atoms with E-state index in [1.54, 1.807) is 66.7 Å². The van der Waals surface area contributed by atoms with Gasteiger partial charge in [0.1, 0.15) is 5.92 Å². The standard InChI is InChI=1S/C26H13ClN2O4/c27-17-10-5-9-16-21(17)26(33)29(25(16)32)20-12-19(28-18-11-4-3-8-15(18)20)22-23(30)13-6-1-2-7-14(13)24(22)31/h1-12,22H. The molecule has 1 aliphatic carbocycles. The second kappa shape index (κ2) is 6.92. The van der Waals surface area contributed by atoms with E-state index in [1.807, 2.05) is 0 Å². The minimum Gasteiger partial charge on any atom is -0.293 e. The van der Waals surface area contributed by atoms with Gasteiger partial charge >= 0.3 is 0 Å². The summed E-state index contributed by atoms with van der Waals surface area (Å²) in [7, 11) is 0. The predicted molar refractivity (Wildman–Crippen MR) is 122 cm³/mol. The van der Waals surface area contributed by atoms with Crippen LogP contribution < -0.4 is 4.90 Å². The van der Waals surface area contributed by atoms with Gasteiger partial charge in [-0.05, 0) is 24.3 Å². The lowest BCUT2D eigenvalue weighted by atomic mass is 9.97. The van der Waals surface area contributed by atoms with Crippen LogP contribution in [0.3, 0.4) is 0 Å². The third kappa shape index (κ3) is 2.64. The Kier molecular flexibility index (Phi) is 4.09. The number of nitrogens with zero attached hydrogens (tertiary/aromatic N) is 2. The average Bonchev–Trinajstić information content (AvgIpc) is 3.23. The number of hydrogen-bond acceptors (Lipinski definition) is 5. The maximum absolute atomic E-state index is 13.3. The first-order valence-electron chi connectivity index (χ1n) is 10.2. The number of pyridine rings is 1. The number of amides is 2. The van der Waals surface area contributed by atoms with Gasteiger partial charge in [-0.25, -0.2) is 4.90 Å². The summed E-state index contributed by atoms with van der Waals surface area (Å²) in [6, 6.07) is 19.8. The fourth-order valence-electron chi connectivity index (χ4n) is 4.58. The van der Waals surface area contributed by atoms with Gasteiger partial charge in [0.15, 0.2) is 11.6 Å². The highest BCUT2D eigenvalue weighted by Gasteiger charge is 2.43. The molecule has 33 heavy (non-hydrogen) atoms. The smallest absolute Gasteiger partial charge is 0.267 e. The summed E-state index contributed by atoms with van der Waals surface area (Å²) in [6.07, 6.45) is 0. The van der Waals surface area contributed by atoms with E-state index in [4.69, 9.17) is 11.6 Å². The van der Waals surface area contributed by atoms with E-state index >= 15 is 0 Å². The number of carbonyl (C=O) groups is 4. The molecule has 0 atom stereocenters. The molecule has 0 bridgehead atoms. The summed E-state index contributed by atoms with van der Waals surface area (Å²) < 4.78 is 0. The number of benzene rings is 3. The van der Waals surface area contributed by atoms with Crippen molar-refractivity contribution in [2.45, 2.75) is 5.92 Å². The van der Waals surface area contributed by atoms with E-state index in [-0.39, 0.29) is 39.1 Å². The van der Waals surface area contributed by atoms with E-state index in [1.165, 1.54) is 6.07 Å². The van der Waals surface area contributed by atoms with Gasteiger partial charge in [0.2, 0.25) is 0 Å². The second-order valence-corrected chi connectivity index (χ2v) is 8.31. The third-order valence-corrected chi connectivity index (χ3v) is 6.41. The Morgan fingerprint density at radius 2 is 1.36 bits per heavy atom. The zero-order valence-electron chi connectivity index (χ0n) is 16.9. The lowest BCUT2D eigenvalue weighted by Gasteiger charge is -2.19. The van der Waals surface area contributed by atoms with Crippen LogP contribution >= 0.6 is 11.6 Å². The van der Waals surface area contributed by atoms with Gasteiger partial charge in [-0.2, -0.15) is 0 Å². The monoisotopic (exact) mass is 452 g/mol. The number of Topliss-reactive ketones (excluding diaryl/α,β-unsaturated/α-hetero) is 2. The normalized spacial score (nSPS) is 15.5. The summed E-state index contributed by atoms with van der Waals surface area (Å²) >= 11 is 6.22. The fourth-order valence-corrected chi connectivity index (χ4v) is 4.84. The fraction of sp³-hybridized carbons (Fsp3) is 0.0385. The van der Waals surface area contributed by atoms with Gasteiger partial charge in [-0.1, -0.05) is 60.1 Å². The van der Waals surface area contributed by atoms with Crippen LogP contribution in [-0.2, 0) is 0 Å². The largest absolute Gasteiger partial charge is 0.293 e. The van der Waals surface area contributed by atoms with Crippen LogP contribution in [0.2, 0.25) is 5.02 Å².